The summed E-state index contributed by atoms with van der Waals surface area (Å²) in [7, 11) is 0. The summed E-state index contributed by atoms with van der Waals surface area (Å²) in [5.41, 5.74) is 2.43. The molecule has 0 saturated heterocycles. The van der Waals surface area contributed by atoms with Crippen LogP contribution in [-0.2, 0) is 9.53 Å². The molecule has 0 heterocycles. The Morgan fingerprint density at radius 2 is 1.57 bits per heavy atom. The topological polar surface area (TPSA) is 75.6 Å². The average molecular weight is 418 g/mol. The molecule has 2 aromatic rings. The number of carbonyl (C=O) groups is 2. The Hall–Kier alpha value is -2.24. The molecular weight excluding hydrogens is 401 g/mol. The van der Waals surface area contributed by atoms with Gasteiger partial charge in [0.15, 0.2) is 4.33 Å². The molecule has 0 unspecified atom stereocenters. The summed E-state index contributed by atoms with van der Waals surface area (Å²) in [6.45, 7) is 0.178. The van der Waals surface area contributed by atoms with Gasteiger partial charge in [-0.2, -0.15) is 0 Å². The van der Waals surface area contributed by atoms with Crippen molar-refractivity contribution in [1.82, 2.24) is 5.32 Å². The monoisotopic (exact) mass is 417 g/mol. The van der Waals surface area contributed by atoms with Gasteiger partial charge in [-0.1, -0.05) is 71.7 Å². The number of amides is 1. The summed E-state index contributed by atoms with van der Waals surface area (Å²) in [6, 6.07) is 16.2. The van der Waals surface area contributed by atoms with E-state index in [0.29, 0.717) is 0 Å². The highest BCUT2D eigenvalue weighted by Gasteiger charge is 2.89. The normalized spacial score (nSPS) is 28.4. The van der Waals surface area contributed by atoms with Crippen molar-refractivity contribution in [3.8, 4) is 11.1 Å². The van der Waals surface area contributed by atoms with Gasteiger partial charge in [0.1, 0.15) is 12.0 Å². The Kier molecular flexibility index (Phi) is 3.60. The standard InChI is InChI=1S/C21H17Cl2NO4/c22-21(23)19(17(25)26)10-20(21,11-19)24-18(27)28-9-16-14-7-3-1-5-12(14)13-6-2-4-8-15(13)16/h1-8,16H,9-11H2,(H,24,27)(H,25,26). The number of benzene rings is 2. The molecule has 2 bridgehead atoms. The van der Waals surface area contributed by atoms with Crippen LogP contribution < -0.4 is 5.32 Å². The fraction of sp³-hybridized carbons (Fsp3) is 0.333. The third-order valence-electron chi connectivity index (χ3n) is 6.50. The van der Waals surface area contributed by atoms with E-state index in [-0.39, 0.29) is 25.4 Å². The van der Waals surface area contributed by atoms with Crippen LogP contribution in [0.5, 0.6) is 0 Å². The molecule has 0 atom stereocenters. The number of fused-ring (bicyclic) bond motifs is 3. The maximum absolute atomic E-state index is 12.4. The predicted molar refractivity (Wildman–Crippen MR) is 105 cm³/mol. The first kappa shape index (κ1) is 17.8. The molecule has 144 valence electrons. The van der Waals surface area contributed by atoms with Gasteiger partial charge in [0.05, 0.1) is 5.54 Å². The molecule has 4 aliphatic carbocycles. The zero-order valence-corrected chi connectivity index (χ0v) is 16.3. The summed E-state index contributed by atoms with van der Waals surface area (Å²) >= 11 is 12.5. The molecule has 2 aromatic carbocycles. The van der Waals surface area contributed by atoms with Gasteiger partial charge in [0, 0.05) is 5.92 Å². The number of nitrogens with one attached hydrogen (secondary N) is 1. The van der Waals surface area contributed by atoms with Crippen LogP contribution in [-0.4, -0.2) is 33.6 Å². The first-order chi connectivity index (χ1) is 13.3. The molecule has 6 rings (SSSR count). The second-order valence-corrected chi connectivity index (χ2v) is 9.18. The minimum absolute atomic E-state index is 0.0479. The quantitative estimate of drug-likeness (QED) is 0.726. The lowest BCUT2D eigenvalue weighted by atomic mass is 9.38. The van der Waals surface area contributed by atoms with Gasteiger partial charge in [-0.25, -0.2) is 4.79 Å². The maximum Gasteiger partial charge on any atom is 0.407 e. The second-order valence-electron chi connectivity index (χ2n) is 7.85. The second kappa shape index (κ2) is 5.65. The van der Waals surface area contributed by atoms with Gasteiger partial charge in [-0.05, 0) is 35.1 Å². The lowest BCUT2D eigenvalue weighted by Gasteiger charge is -2.75. The maximum atomic E-state index is 12.4. The molecule has 0 radical (unpaired) electrons. The van der Waals surface area contributed by atoms with E-state index < -0.39 is 27.3 Å². The van der Waals surface area contributed by atoms with E-state index >= 15 is 0 Å². The zero-order valence-electron chi connectivity index (χ0n) is 14.7. The Balaban J connectivity index is 1.29. The first-order valence-corrected chi connectivity index (χ1v) is 9.81. The van der Waals surface area contributed by atoms with Crippen LogP contribution in [0.2, 0.25) is 0 Å². The number of carbonyl (C=O) groups excluding carboxylic acids is 1. The van der Waals surface area contributed by atoms with Crippen molar-refractivity contribution < 1.29 is 19.4 Å². The Labute approximate surface area is 171 Å². The third-order valence-corrected chi connectivity index (χ3v) is 7.95. The molecule has 28 heavy (non-hydrogen) atoms. The molecule has 0 aromatic heterocycles. The van der Waals surface area contributed by atoms with Crippen molar-refractivity contribution in [2.75, 3.05) is 6.61 Å². The third kappa shape index (κ3) is 2.04. The van der Waals surface area contributed by atoms with Crippen LogP contribution in [0.1, 0.15) is 29.9 Å². The number of aliphatic carboxylic acids is 1. The zero-order chi connectivity index (χ0) is 19.7. The van der Waals surface area contributed by atoms with Gasteiger partial charge in [-0.15, -0.1) is 0 Å². The highest BCUT2D eigenvalue weighted by molar-refractivity contribution is 6.53. The molecule has 1 amide bonds. The minimum Gasteiger partial charge on any atom is -0.481 e. The SMILES string of the molecule is O=C(NC12CC(C(=O)O)(C1)C2(Cl)Cl)OCC1c2ccccc2-c2ccccc21. The van der Waals surface area contributed by atoms with Gasteiger partial charge in [0.2, 0.25) is 0 Å². The van der Waals surface area contributed by atoms with E-state index in [2.05, 4.69) is 17.4 Å². The number of carboxylic acid groups (broad SMARTS) is 1. The molecule has 3 saturated carbocycles. The number of halogens is 2. The van der Waals surface area contributed by atoms with E-state index in [1.807, 2.05) is 36.4 Å². The van der Waals surface area contributed by atoms with E-state index in [0.717, 1.165) is 22.3 Å². The van der Waals surface area contributed by atoms with Gasteiger partial charge < -0.3 is 15.2 Å². The summed E-state index contributed by atoms with van der Waals surface area (Å²) in [5.74, 6) is -1.08. The number of alkyl carbamates (subject to hydrolysis) is 1. The Bertz CT molecular complexity index is 967. The predicted octanol–water partition coefficient (Wildman–Crippen LogP) is 4.32. The van der Waals surface area contributed by atoms with Gasteiger partial charge in [-0.3, -0.25) is 4.79 Å². The van der Waals surface area contributed by atoms with E-state index in [1.165, 1.54) is 0 Å². The van der Waals surface area contributed by atoms with Crippen molar-refractivity contribution in [2.45, 2.75) is 28.6 Å². The number of carboxylic acids is 1. The van der Waals surface area contributed by atoms with Crippen molar-refractivity contribution in [1.29, 1.82) is 0 Å². The number of rotatable bonds is 4. The summed E-state index contributed by atoms with van der Waals surface area (Å²) in [4.78, 5) is 23.8. The molecule has 3 fully saturated rings. The Morgan fingerprint density at radius 1 is 1.04 bits per heavy atom. The molecule has 4 aliphatic rings. The van der Waals surface area contributed by atoms with E-state index in [4.69, 9.17) is 27.9 Å². The lowest BCUT2D eigenvalue weighted by molar-refractivity contribution is -0.202. The summed E-state index contributed by atoms with van der Waals surface area (Å²) in [5, 5.41) is 12.0. The van der Waals surface area contributed by atoms with Gasteiger partial charge >= 0.3 is 12.1 Å². The Morgan fingerprint density at radius 3 is 2.07 bits per heavy atom. The molecule has 2 N–H and O–H groups in total. The molecule has 7 heteroatoms. The van der Waals surface area contributed by atoms with Crippen molar-refractivity contribution in [3.63, 3.8) is 0 Å². The summed E-state index contributed by atoms with van der Waals surface area (Å²) in [6.07, 6.45) is -0.204. The number of alkyl halides is 2. The number of ether oxygens (including phenoxy) is 1. The van der Waals surface area contributed by atoms with Crippen LogP contribution in [0.3, 0.4) is 0 Å². The fourth-order valence-electron chi connectivity index (χ4n) is 4.95. The van der Waals surface area contributed by atoms with Gasteiger partial charge in [0.25, 0.3) is 0 Å². The van der Waals surface area contributed by atoms with Crippen molar-refractivity contribution in [3.05, 3.63) is 59.7 Å². The van der Waals surface area contributed by atoms with Crippen molar-refractivity contribution in [2.24, 2.45) is 5.41 Å². The van der Waals surface area contributed by atoms with Crippen LogP contribution in [0, 0.1) is 5.41 Å². The van der Waals surface area contributed by atoms with Crippen molar-refractivity contribution >= 4 is 35.3 Å². The van der Waals surface area contributed by atoms with Crippen LogP contribution in [0.25, 0.3) is 11.1 Å². The highest BCUT2D eigenvalue weighted by Crippen LogP contribution is 2.78. The summed E-state index contributed by atoms with van der Waals surface area (Å²) < 4.78 is 3.99. The van der Waals surface area contributed by atoms with Crippen LogP contribution in [0.4, 0.5) is 4.79 Å². The fourth-order valence-corrected chi connectivity index (χ4v) is 5.74. The molecule has 0 spiro atoms. The molecular formula is C21H17Cl2NO4. The van der Waals surface area contributed by atoms with E-state index in [1.54, 1.807) is 0 Å². The number of hydrogen-bond acceptors (Lipinski definition) is 3. The average Bonchev–Trinajstić information content (AvgIpc) is 2.96. The number of hydrogen-bond donors (Lipinski definition) is 2. The largest absolute Gasteiger partial charge is 0.481 e. The lowest BCUT2D eigenvalue weighted by Crippen LogP contribution is -2.90. The smallest absolute Gasteiger partial charge is 0.407 e. The molecule has 5 nitrogen and oxygen atoms in total. The first-order valence-electron chi connectivity index (χ1n) is 9.06. The minimum atomic E-state index is -1.52. The molecule has 0 aliphatic heterocycles. The highest BCUT2D eigenvalue weighted by atomic mass is 35.5. The van der Waals surface area contributed by atoms with Crippen LogP contribution in [0.15, 0.2) is 48.5 Å². The van der Waals surface area contributed by atoms with Crippen LogP contribution >= 0.6 is 23.2 Å². The van der Waals surface area contributed by atoms with E-state index in [9.17, 15) is 14.7 Å².